The zero-order chi connectivity index (χ0) is 18.9. The summed E-state index contributed by atoms with van der Waals surface area (Å²) in [5.41, 5.74) is 3.43. The van der Waals surface area contributed by atoms with Crippen LogP contribution in [0.15, 0.2) is 48.7 Å². The van der Waals surface area contributed by atoms with Crippen LogP contribution in [0.3, 0.4) is 0 Å². The molecule has 1 fully saturated rings. The number of hydrogen-bond donors (Lipinski definition) is 2. The zero-order valence-electron chi connectivity index (χ0n) is 15.7. The number of fused-ring (bicyclic) bond motifs is 1. The number of rotatable bonds is 7. The Balaban J connectivity index is 1.42. The first-order chi connectivity index (χ1) is 13.1. The average Bonchev–Trinajstić information content (AvgIpc) is 3.36. The second kappa shape index (κ2) is 6.99. The molecular formula is C22H24N2O3. The summed E-state index contributed by atoms with van der Waals surface area (Å²) in [6.07, 6.45) is 4.62. The van der Waals surface area contributed by atoms with Gasteiger partial charge in [0.25, 0.3) is 0 Å². The molecule has 0 unspecified atom stereocenters. The van der Waals surface area contributed by atoms with E-state index in [2.05, 4.69) is 34.7 Å². The van der Waals surface area contributed by atoms with Crippen molar-refractivity contribution in [1.29, 1.82) is 0 Å². The Morgan fingerprint density at radius 3 is 2.63 bits per heavy atom. The quantitative estimate of drug-likeness (QED) is 0.674. The van der Waals surface area contributed by atoms with Gasteiger partial charge >= 0.3 is 0 Å². The fraction of sp³-hybridized carbons (Fsp3) is 0.318. The first kappa shape index (κ1) is 17.5. The van der Waals surface area contributed by atoms with Gasteiger partial charge in [-0.05, 0) is 42.2 Å². The van der Waals surface area contributed by atoms with Gasteiger partial charge in [-0.3, -0.25) is 4.79 Å². The second-order valence-electron chi connectivity index (χ2n) is 7.17. The van der Waals surface area contributed by atoms with E-state index >= 15 is 0 Å². The van der Waals surface area contributed by atoms with Crippen molar-refractivity contribution < 1.29 is 14.3 Å². The Kier molecular flexibility index (Phi) is 4.52. The van der Waals surface area contributed by atoms with E-state index < -0.39 is 0 Å². The summed E-state index contributed by atoms with van der Waals surface area (Å²) in [6.45, 7) is 0.668. The van der Waals surface area contributed by atoms with Gasteiger partial charge < -0.3 is 19.8 Å². The predicted molar refractivity (Wildman–Crippen MR) is 105 cm³/mol. The fourth-order valence-corrected chi connectivity index (χ4v) is 3.71. The SMILES string of the molecule is COc1ccc(CC(=O)NCC2(c3c[nH]c4ccccc34)CC2)cc1OC. The molecule has 2 aromatic carbocycles. The van der Waals surface area contributed by atoms with Crippen molar-refractivity contribution in [2.24, 2.45) is 0 Å². The Hall–Kier alpha value is -2.95. The van der Waals surface area contributed by atoms with Crippen LogP contribution in [0.25, 0.3) is 10.9 Å². The summed E-state index contributed by atoms with van der Waals surface area (Å²) in [4.78, 5) is 15.8. The lowest BCUT2D eigenvalue weighted by atomic mass is 9.95. The minimum Gasteiger partial charge on any atom is -0.493 e. The number of para-hydroxylation sites is 1. The van der Waals surface area contributed by atoms with Crippen LogP contribution >= 0.6 is 0 Å². The largest absolute Gasteiger partial charge is 0.493 e. The highest BCUT2D eigenvalue weighted by molar-refractivity contribution is 5.85. The van der Waals surface area contributed by atoms with Crippen LogP contribution in [-0.2, 0) is 16.6 Å². The van der Waals surface area contributed by atoms with Crippen molar-refractivity contribution >= 4 is 16.8 Å². The van der Waals surface area contributed by atoms with Crippen molar-refractivity contribution in [2.75, 3.05) is 20.8 Å². The van der Waals surface area contributed by atoms with Gasteiger partial charge in [-0.1, -0.05) is 24.3 Å². The molecule has 0 radical (unpaired) electrons. The number of nitrogens with one attached hydrogen (secondary N) is 2. The van der Waals surface area contributed by atoms with Crippen molar-refractivity contribution in [3.05, 3.63) is 59.8 Å². The van der Waals surface area contributed by atoms with E-state index in [4.69, 9.17) is 9.47 Å². The van der Waals surface area contributed by atoms with Crippen LogP contribution in [-0.4, -0.2) is 31.7 Å². The van der Waals surface area contributed by atoms with E-state index in [1.54, 1.807) is 14.2 Å². The lowest BCUT2D eigenvalue weighted by Gasteiger charge is -2.16. The van der Waals surface area contributed by atoms with E-state index in [0.717, 1.165) is 23.9 Å². The molecule has 1 heterocycles. The Morgan fingerprint density at radius 1 is 1.11 bits per heavy atom. The van der Waals surface area contributed by atoms with Crippen LogP contribution in [0.5, 0.6) is 11.5 Å². The molecule has 5 heteroatoms. The molecule has 0 spiro atoms. The first-order valence-electron chi connectivity index (χ1n) is 9.19. The summed E-state index contributed by atoms with van der Waals surface area (Å²) < 4.78 is 10.6. The number of aromatic amines is 1. The molecule has 1 aromatic heterocycles. The maximum Gasteiger partial charge on any atom is 0.224 e. The van der Waals surface area contributed by atoms with Crippen molar-refractivity contribution in [1.82, 2.24) is 10.3 Å². The Bertz CT molecular complexity index is 973. The molecule has 1 aliphatic carbocycles. The van der Waals surface area contributed by atoms with Crippen molar-refractivity contribution in [2.45, 2.75) is 24.7 Å². The summed E-state index contributed by atoms with van der Waals surface area (Å²) in [7, 11) is 3.20. The summed E-state index contributed by atoms with van der Waals surface area (Å²) >= 11 is 0. The number of H-pyrrole nitrogens is 1. The van der Waals surface area contributed by atoms with Crippen LogP contribution < -0.4 is 14.8 Å². The number of carbonyl (C=O) groups excluding carboxylic acids is 1. The number of amides is 1. The molecule has 5 nitrogen and oxygen atoms in total. The first-order valence-corrected chi connectivity index (χ1v) is 9.19. The van der Waals surface area contributed by atoms with Crippen molar-refractivity contribution in [3.8, 4) is 11.5 Å². The topological polar surface area (TPSA) is 63.3 Å². The Morgan fingerprint density at radius 2 is 1.89 bits per heavy atom. The van der Waals surface area contributed by atoms with Crippen LogP contribution in [0.2, 0.25) is 0 Å². The maximum atomic E-state index is 12.5. The molecule has 0 aliphatic heterocycles. The van der Waals surface area contributed by atoms with Crippen molar-refractivity contribution in [3.63, 3.8) is 0 Å². The van der Waals surface area contributed by atoms with Gasteiger partial charge in [0.2, 0.25) is 5.91 Å². The van der Waals surface area contributed by atoms with E-state index in [-0.39, 0.29) is 11.3 Å². The molecule has 140 valence electrons. The van der Waals surface area contributed by atoms with Gasteiger partial charge in [0, 0.05) is 29.1 Å². The van der Waals surface area contributed by atoms with Crippen LogP contribution in [0.4, 0.5) is 0 Å². The molecule has 0 atom stereocenters. The molecule has 2 N–H and O–H groups in total. The van der Waals surface area contributed by atoms with Gasteiger partial charge in [0.1, 0.15) is 0 Å². The molecule has 0 bridgehead atoms. The Labute approximate surface area is 158 Å². The van der Waals surface area contributed by atoms with E-state index in [0.29, 0.717) is 24.5 Å². The average molecular weight is 364 g/mol. The van der Waals surface area contributed by atoms with Gasteiger partial charge in [0.15, 0.2) is 11.5 Å². The lowest BCUT2D eigenvalue weighted by molar-refractivity contribution is -0.120. The molecule has 1 saturated carbocycles. The molecule has 3 aromatic rings. The highest BCUT2D eigenvalue weighted by atomic mass is 16.5. The minimum atomic E-state index is 0.0216. The molecule has 1 aliphatic rings. The predicted octanol–water partition coefficient (Wildman–Crippen LogP) is 3.58. The summed E-state index contributed by atoms with van der Waals surface area (Å²) in [6, 6.07) is 13.9. The van der Waals surface area contributed by atoms with Crippen LogP contribution in [0, 0.1) is 0 Å². The molecule has 4 rings (SSSR count). The van der Waals surface area contributed by atoms with Crippen LogP contribution in [0.1, 0.15) is 24.0 Å². The monoisotopic (exact) mass is 364 g/mol. The highest BCUT2D eigenvalue weighted by Crippen LogP contribution is 2.49. The zero-order valence-corrected chi connectivity index (χ0v) is 15.7. The third-order valence-corrected chi connectivity index (χ3v) is 5.45. The number of carbonyl (C=O) groups is 1. The second-order valence-corrected chi connectivity index (χ2v) is 7.17. The van der Waals surface area contributed by atoms with Gasteiger partial charge in [-0.2, -0.15) is 0 Å². The van der Waals surface area contributed by atoms with E-state index in [1.807, 2.05) is 24.3 Å². The standard InChI is InChI=1S/C22H24N2O3/c1-26-19-8-7-15(11-20(19)27-2)12-21(25)24-14-22(9-10-22)17-13-23-18-6-4-3-5-16(17)18/h3-8,11,13,23H,9-10,12,14H2,1-2H3,(H,24,25). The van der Waals surface area contributed by atoms with Gasteiger partial charge in [0.05, 0.1) is 20.6 Å². The lowest BCUT2D eigenvalue weighted by Crippen LogP contribution is -2.33. The molecule has 0 saturated heterocycles. The summed E-state index contributed by atoms with van der Waals surface area (Å²) in [5, 5.41) is 4.38. The van der Waals surface area contributed by atoms with E-state index in [9.17, 15) is 4.79 Å². The van der Waals surface area contributed by atoms with E-state index in [1.165, 1.54) is 10.9 Å². The number of hydrogen-bond acceptors (Lipinski definition) is 3. The number of aromatic nitrogens is 1. The number of ether oxygens (including phenoxy) is 2. The maximum absolute atomic E-state index is 12.5. The smallest absolute Gasteiger partial charge is 0.224 e. The fourth-order valence-electron chi connectivity index (χ4n) is 3.71. The third kappa shape index (κ3) is 3.37. The molecule has 27 heavy (non-hydrogen) atoms. The number of benzene rings is 2. The molecule has 1 amide bonds. The van der Waals surface area contributed by atoms with Gasteiger partial charge in [-0.25, -0.2) is 0 Å². The molecular weight excluding hydrogens is 340 g/mol. The third-order valence-electron chi connectivity index (χ3n) is 5.45. The van der Waals surface area contributed by atoms with Gasteiger partial charge in [-0.15, -0.1) is 0 Å². The normalized spacial score (nSPS) is 14.7. The highest BCUT2D eigenvalue weighted by Gasteiger charge is 2.45. The minimum absolute atomic E-state index is 0.0216. The summed E-state index contributed by atoms with van der Waals surface area (Å²) in [5.74, 6) is 1.33. The number of methoxy groups -OCH3 is 2.